The van der Waals surface area contributed by atoms with Gasteiger partial charge >= 0.3 is 0 Å². The molecule has 0 amide bonds. The molecular weight excluding hydrogens is 209 g/mol. The SMILES string of the molecule is CC(NCCC(N)=NO)c1cccc(F)c1. The van der Waals surface area contributed by atoms with Crippen LogP contribution in [0.5, 0.6) is 0 Å². The highest BCUT2D eigenvalue weighted by Gasteiger charge is 2.05. The second-order valence-corrected chi connectivity index (χ2v) is 3.57. The summed E-state index contributed by atoms with van der Waals surface area (Å²) in [5.74, 6) is -0.0680. The zero-order chi connectivity index (χ0) is 12.0. The highest BCUT2D eigenvalue weighted by Crippen LogP contribution is 2.12. The minimum atomic E-state index is -0.248. The van der Waals surface area contributed by atoms with Gasteiger partial charge in [-0.2, -0.15) is 0 Å². The normalized spacial score (nSPS) is 13.8. The molecule has 1 aromatic carbocycles. The van der Waals surface area contributed by atoms with Crippen LogP contribution in [0.2, 0.25) is 0 Å². The maximum Gasteiger partial charge on any atom is 0.140 e. The molecule has 1 aromatic rings. The zero-order valence-electron chi connectivity index (χ0n) is 9.15. The van der Waals surface area contributed by atoms with Crippen LogP contribution < -0.4 is 11.1 Å². The fraction of sp³-hybridized carbons (Fsp3) is 0.364. The van der Waals surface area contributed by atoms with E-state index in [0.29, 0.717) is 13.0 Å². The lowest BCUT2D eigenvalue weighted by Gasteiger charge is -2.13. The number of oxime groups is 1. The van der Waals surface area contributed by atoms with E-state index >= 15 is 0 Å². The van der Waals surface area contributed by atoms with Crippen molar-refractivity contribution in [1.29, 1.82) is 0 Å². The van der Waals surface area contributed by atoms with Gasteiger partial charge in [0.05, 0.1) is 0 Å². The topological polar surface area (TPSA) is 70.6 Å². The Morgan fingerprint density at radius 2 is 2.38 bits per heavy atom. The summed E-state index contributed by atoms with van der Waals surface area (Å²) in [7, 11) is 0. The molecule has 0 aromatic heterocycles. The van der Waals surface area contributed by atoms with Gasteiger partial charge in [0, 0.05) is 19.0 Å². The summed E-state index contributed by atoms with van der Waals surface area (Å²) in [6, 6.07) is 6.45. The maximum atomic E-state index is 12.9. The van der Waals surface area contributed by atoms with E-state index in [-0.39, 0.29) is 17.7 Å². The van der Waals surface area contributed by atoms with Gasteiger partial charge in [-0.05, 0) is 24.6 Å². The Hall–Kier alpha value is -1.62. The summed E-state index contributed by atoms with van der Waals surface area (Å²) in [6.07, 6.45) is 0.455. The molecule has 16 heavy (non-hydrogen) atoms. The van der Waals surface area contributed by atoms with E-state index in [2.05, 4.69) is 10.5 Å². The zero-order valence-corrected chi connectivity index (χ0v) is 9.15. The van der Waals surface area contributed by atoms with Crippen LogP contribution >= 0.6 is 0 Å². The number of nitrogens with one attached hydrogen (secondary N) is 1. The Morgan fingerprint density at radius 1 is 1.62 bits per heavy atom. The van der Waals surface area contributed by atoms with Gasteiger partial charge in [-0.1, -0.05) is 17.3 Å². The number of nitrogens with zero attached hydrogens (tertiary/aromatic N) is 1. The van der Waals surface area contributed by atoms with Gasteiger partial charge in [-0.3, -0.25) is 0 Å². The molecule has 0 saturated carbocycles. The second kappa shape index (κ2) is 6.07. The third-order valence-corrected chi connectivity index (χ3v) is 2.31. The van der Waals surface area contributed by atoms with E-state index in [4.69, 9.17) is 10.9 Å². The van der Waals surface area contributed by atoms with Crippen LogP contribution in [-0.4, -0.2) is 17.6 Å². The van der Waals surface area contributed by atoms with Crippen molar-refractivity contribution in [2.45, 2.75) is 19.4 Å². The average molecular weight is 225 g/mol. The predicted molar refractivity (Wildman–Crippen MR) is 60.8 cm³/mol. The Labute approximate surface area is 94.0 Å². The van der Waals surface area contributed by atoms with Crippen molar-refractivity contribution in [2.24, 2.45) is 10.9 Å². The van der Waals surface area contributed by atoms with Crippen molar-refractivity contribution in [3.8, 4) is 0 Å². The van der Waals surface area contributed by atoms with Gasteiger partial charge in [0.25, 0.3) is 0 Å². The number of halogens is 1. The molecule has 88 valence electrons. The van der Waals surface area contributed by atoms with Crippen LogP contribution in [0.25, 0.3) is 0 Å². The number of amidine groups is 1. The fourth-order valence-electron chi connectivity index (χ4n) is 1.36. The predicted octanol–water partition coefficient (Wildman–Crippen LogP) is 1.61. The summed E-state index contributed by atoms with van der Waals surface area (Å²) >= 11 is 0. The first-order valence-corrected chi connectivity index (χ1v) is 5.08. The Kier molecular flexibility index (Phi) is 4.72. The van der Waals surface area contributed by atoms with Gasteiger partial charge in [-0.25, -0.2) is 4.39 Å². The molecule has 0 aliphatic rings. The molecule has 0 bridgehead atoms. The number of hydrogen-bond donors (Lipinski definition) is 3. The van der Waals surface area contributed by atoms with Crippen LogP contribution in [0.1, 0.15) is 24.9 Å². The van der Waals surface area contributed by atoms with Gasteiger partial charge in [0.15, 0.2) is 0 Å². The average Bonchev–Trinajstić information content (AvgIpc) is 2.28. The Bertz CT molecular complexity index is 368. The molecule has 1 atom stereocenters. The van der Waals surface area contributed by atoms with E-state index in [1.165, 1.54) is 12.1 Å². The first kappa shape index (κ1) is 12.4. The summed E-state index contributed by atoms with van der Waals surface area (Å²) in [5, 5.41) is 14.4. The van der Waals surface area contributed by atoms with Gasteiger partial charge in [0.2, 0.25) is 0 Å². The van der Waals surface area contributed by atoms with Crippen molar-refractivity contribution in [3.05, 3.63) is 35.6 Å². The lowest BCUT2D eigenvalue weighted by atomic mass is 10.1. The van der Waals surface area contributed by atoms with E-state index in [1.54, 1.807) is 6.07 Å². The van der Waals surface area contributed by atoms with Crippen LogP contribution in [0, 0.1) is 5.82 Å². The summed E-state index contributed by atoms with van der Waals surface area (Å²) in [6.45, 7) is 2.51. The lowest BCUT2D eigenvalue weighted by Crippen LogP contribution is -2.24. The monoisotopic (exact) mass is 225 g/mol. The molecule has 5 heteroatoms. The smallest absolute Gasteiger partial charge is 0.140 e. The molecular formula is C11H16FN3O. The molecule has 0 fully saturated rings. The van der Waals surface area contributed by atoms with E-state index < -0.39 is 0 Å². The quantitative estimate of drug-likeness (QED) is 0.308. The number of rotatable bonds is 5. The fourth-order valence-corrected chi connectivity index (χ4v) is 1.36. The highest BCUT2D eigenvalue weighted by atomic mass is 19.1. The van der Waals surface area contributed by atoms with Crippen molar-refractivity contribution in [3.63, 3.8) is 0 Å². The molecule has 0 spiro atoms. The van der Waals surface area contributed by atoms with Gasteiger partial charge in [-0.15, -0.1) is 0 Å². The summed E-state index contributed by atoms with van der Waals surface area (Å²) in [5.41, 5.74) is 6.20. The van der Waals surface area contributed by atoms with Crippen molar-refractivity contribution in [1.82, 2.24) is 5.32 Å². The second-order valence-electron chi connectivity index (χ2n) is 3.57. The Balaban J connectivity index is 2.44. The standard InChI is InChI=1S/C11H16FN3O/c1-8(14-6-5-11(13)15-16)9-3-2-4-10(12)7-9/h2-4,7-8,14,16H,5-6H2,1H3,(H2,13,15). The van der Waals surface area contributed by atoms with Crippen LogP contribution in [0.3, 0.4) is 0 Å². The molecule has 4 N–H and O–H groups in total. The maximum absolute atomic E-state index is 12.9. The largest absolute Gasteiger partial charge is 0.409 e. The van der Waals surface area contributed by atoms with Crippen molar-refractivity contribution < 1.29 is 9.60 Å². The number of benzene rings is 1. The third kappa shape index (κ3) is 3.86. The summed E-state index contributed by atoms with van der Waals surface area (Å²) < 4.78 is 12.9. The molecule has 1 rings (SSSR count). The lowest BCUT2D eigenvalue weighted by molar-refractivity contribution is 0.316. The van der Waals surface area contributed by atoms with E-state index in [9.17, 15) is 4.39 Å². The van der Waals surface area contributed by atoms with E-state index in [1.807, 2.05) is 13.0 Å². The number of nitrogens with two attached hydrogens (primary N) is 1. The molecule has 0 heterocycles. The molecule has 0 aliphatic heterocycles. The van der Waals surface area contributed by atoms with Gasteiger partial charge < -0.3 is 16.3 Å². The van der Waals surface area contributed by atoms with E-state index in [0.717, 1.165) is 5.56 Å². The molecule has 4 nitrogen and oxygen atoms in total. The Morgan fingerprint density at radius 3 is 3.00 bits per heavy atom. The minimum Gasteiger partial charge on any atom is -0.409 e. The van der Waals surface area contributed by atoms with Crippen molar-refractivity contribution >= 4 is 5.84 Å². The first-order chi connectivity index (χ1) is 7.63. The highest BCUT2D eigenvalue weighted by molar-refractivity contribution is 5.79. The molecule has 1 unspecified atom stereocenters. The van der Waals surface area contributed by atoms with Crippen LogP contribution in [0.4, 0.5) is 4.39 Å². The molecule has 0 aliphatic carbocycles. The van der Waals surface area contributed by atoms with Crippen LogP contribution in [0.15, 0.2) is 29.4 Å². The molecule has 0 saturated heterocycles. The minimum absolute atomic E-state index is 0.0298. The third-order valence-electron chi connectivity index (χ3n) is 2.31. The van der Waals surface area contributed by atoms with Gasteiger partial charge in [0.1, 0.15) is 11.7 Å². The van der Waals surface area contributed by atoms with Crippen LogP contribution in [-0.2, 0) is 0 Å². The first-order valence-electron chi connectivity index (χ1n) is 5.08. The summed E-state index contributed by atoms with van der Waals surface area (Å²) in [4.78, 5) is 0. The number of hydrogen-bond acceptors (Lipinski definition) is 3. The molecule has 0 radical (unpaired) electrons. The van der Waals surface area contributed by atoms with Crippen molar-refractivity contribution in [2.75, 3.05) is 6.54 Å².